The van der Waals surface area contributed by atoms with E-state index in [1.165, 1.54) is 12.1 Å². The summed E-state index contributed by atoms with van der Waals surface area (Å²) in [6.45, 7) is 6.81. The van der Waals surface area contributed by atoms with Crippen LogP contribution in [-0.2, 0) is 11.3 Å². The summed E-state index contributed by atoms with van der Waals surface area (Å²) in [5.41, 5.74) is 6.61. The summed E-state index contributed by atoms with van der Waals surface area (Å²) in [5.74, 6) is -0.328. The molecule has 0 fully saturated rings. The van der Waals surface area contributed by atoms with Crippen LogP contribution in [0.4, 0.5) is 4.39 Å². The van der Waals surface area contributed by atoms with Crippen molar-refractivity contribution in [2.45, 2.75) is 33.4 Å². The van der Waals surface area contributed by atoms with Crippen molar-refractivity contribution >= 4 is 29.7 Å². The molecule has 0 spiro atoms. The first-order chi connectivity index (χ1) is 10.9. The van der Waals surface area contributed by atoms with Gasteiger partial charge in [-0.1, -0.05) is 19.1 Å². The molecule has 0 aliphatic carbocycles. The maximum atomic E-state index is 13.0. The number of benzene rings is 1. The van der Waals surface area contributed by atoms with Crippen molar-refractivity contribution in [3.63, 3.8) is 0 Å². The highest BCUT2D eigenvalue weighted by Gasteiger charge is 2.22. The van der Waals surface area contributed by atoms with Crippen LogP contribution in [0.1, 0.15) is 25.6 Å². The van der Waals surface area contributed by atoms with E-state index < -0.39 is 0 Å². The lowest BCUT2D eigenvalue weighted by Crippen LogP contribution is -2.41. The largest absolute Gasteiger partial charge is 0.335 e. The summed E-state index contributed by atoms with van der Waals surface area (Å²) in [5, 5.41) is 0. The van der Waals surface area contributed by atoms with E-state index >= 15 is 0 Å². The smallest absolute Gasteiger partial charge is 0.227 e. The van der Waals surface area contributed by atoms with Crippen molar-refractivity contribution in [2.24, 2.45) is 11.7 Å². The van der Waals surface area contributed by atoms with E-state index in [1.807, 2.05) is 37.8 Å². The van der Waals surface area contributed by atoms with Crippen LogP contribution in [-0.4, -0.2) is 23.4 Å². The summed E-state index contributed by atoms with van der Waals surface area (Å²) in [4.78, 5) is 16.5. The third kappa shape index (κ3) is 5.03. The predicted octanol–water partition coefficient (Wildman–Crippen LogP) is 4.31. The van der Waals surface area contributed by atoms with Crippen molar-refractivity contribution in [1.82, 2.24) is 4.90 Å². The van der Waals surface area contributed by atoms with Gasteiger partial charge in [-0.05, 0) is 43.7 Å². The number of nitrogens with two attached hydrogens (primary N) is 1. The average molecular weight is 371 g/mol. The van der Waals surface area contributed by atoms with Crippen molar-refractivity contribution in [1.29, 1.82) is 0 Å². The van der Waals surface area contributed by atoms with Gasteiger partial charge in [-0.2, -0.15) is 0 Å². The lowest BCUT2D eigenvalue weighted by Gasteiger charge is -2.28. The van der Waals surface area contributed by atoms with Gasteiger partial charge < -0.3 is 10.6 Å². The topological polar surface area (TPSA) is 46.3 Å². The van der Waals surface area contributed by atoms with E-state index in [2.05, 4.69) is 0 Å². The quantitative estimate of drug-likeness (QED) is 0.823. The SMILES string of the molecule is CC(CN)C(=O)N(Cc1ccc(-c2ccc(F)cc2)s1)C(C)C.Cl. The number of carbonyl (C=O) groups is 1. The summed E-state index contributed by atoms with van der Waals surface area (Å²) in [6, 6.07) is 10.6. The number of carbonyl (C=O) groups excluding carboxylic acids is 1. The zero-order valence-corrected chi connectivity index (χ0v) is 15.8. The van der Waals surface area contributed by atoms with Crippen molar-refractivity contribution in [3.05, 3.63) is 47.1 Å². The van der Waals surface area contributed by atoms with E-state index in [-0.39, 0.29) is 36.1 Å². The molecule has 2 rings (SSSR count). The maximum Gasteiger partial charge on any atom is 0.227 e. The minimum atomic E-state index is -0.238. The normalized spacial score (nSPS) is 11.9. The summed E-state index contributed by atoms with van der Waals surface area (Å²) < 4.78 is 13.0. The second-order valence-electron chi connectivity index (χ2n) is 5.97. The van der Waals surface area contributed by atoms with Gasteiger partial charge in [0.25, 0.3) is 0 Å². The molecule has 0 bridgehead atoms. The van der Waals surface area contributed by atoms with Crippen molar-refractivity contribution in [2.75, 3.05) is 6.54 Å². The summed E-state index contributed by atoms with van der Waals surface area (Å²) in [7, 11) is 0. The second-order valence-corrected chi connectivity index (χ2v) is 7.14. The van der Waals surface area contributed by atoms with Crippen LogP contribution in [0.15, 0.2) is 36.4 Å². The molecule has 6 heteroatoms. The molecule has 1 heterocycles. The van der Waals surface area contributed by atoms with Crippen LogP contribution < -0.4 is 5.73 Å². The van der Waals surface area contributed by atoms with Gasteiger partial charge in [0.1, 0.15) is 5.82 Å². The molecular formula is C18H24ClFN2OS. The van der Waals surface area contributed by atoms with Crippen LogP contribution in [0.2, 0.25) is 0 Å². The Hall–Kier alpha value is -1.43. The number of hydrogen-bond donors (Lipinski definition) is 1. The first kappa shape index (κ1) is 20.6. The Morgan fingerprint density at radius 1 is 1.17 bits per heavy atom. The molecule has 0 saturated heterocycles. The molecule has 0 aliphatic heterocycles. The molecule has 3 nitrogen and oxygen atoms in total. The number of rotatable bonds is 6. The fourth-order valence-corrected chi connectivity index (χ4v) is 3.31. The van der Waals surface area contributed by atoms with Gasteiger partial charge in [-0.3, -0.25) is 4.79 Å². The third-order valence-electron chi connectivity index (χ3n) is 3.80. The van der Waals surface area contributed by atoms with Gasteiger partial charge in [-0.15, -0.1) is 23.7 Å². The molecule has 1 amide bonds. The van der Waals surface area contributed by atoms with Crippen molar-refractivity contribution < 1.29 is 9.18 Å². The predicted molar refractivity (Wildman–Crippen MR) is 101 cm³/mol. The molecule has 2 aromatic rings. The molecule has 0 radical (unpaired) electrons. The number of amides is 1. The molecule has 2 N–H and O–H groups in total. The molecule has 0 aliphatic rings. The van der Waals surface area contributed by atoms with Crippen molar-refractivity contribution in [3.8, 4) is 10.4 Å². The fourth-order valence-electron chi connectivity index (χ4n) is 2.30. The Morgan fingerprint density at radius 3 is 2.33 bits per heavy atom. The highest BCUT2D eigenvalue weighted by molar-refractivity contribution is 7.15. The van der Waals surface area contributed by atoms with Gasteiger partial charge in [0, 0.05) is 28.3 Å². The van der Waals surface area contributed by atoms with Crippen LogP contribution in [0.5, 0.6) is 0 Å². The number of hydrogen-bond acceptors (Lipinski definition) is 3. The zero-order valence-electron chi connectivity index (χ0n) is 14.2. The molecule has 1 atom stereocenters. The van der Waals surface area contributed by atoms with Gasteiger partial charge in [0.2, 0.25) is 5.91 Å². The van der Waals surface area contributed by atoms with E-state index in [9.17, 15) is 9.18 Å². The van der Waals surface area contributed by atoms with Gasteiger partial charge in [-0.25, -0.2) is 4.39 Å². The zero-order chi connectivity index (χ0) is 17.0. The first-order valence-corrected chi connectivity index (χ1v) is 8.59. The standard InChI is InChI=1S/C18H23FN2OS.ClH/c1-12(2)21(18(22)13(3)10-20)11-16-8-9-17(23-16)14-4-6-15(19)7-5-14;/h4-9,12-13H,10-11,20H2,1-3H3;1H. The van der Waals surface area contributed by atoms with Gasteiger partial charge >= 0.3 is 0 Å². The minimum absolute atomic E-state index is 0. The van der Waals surface area contributed by atoms with E-state index in [1.54, 1.807) is 23.5 Å². The summed E-state index contributed by atoms with van der Waals surface area (Å²) >= 11 is 1.63. The Kier molecular flexibility index (Phi) is 7.87. The molecule has 24 heavy (non-hydrogen) atoms. The molecular weight excluding hydrogens is 347 g/mol. The van der Waals surface area contributed by atoms with E-state index in [4.69, 9.17) is 5.73 Å². The van der Waals surface area contributed by atoms with E-state index in [0.717, 1.165) is 15.3 Å². The van der Waals surface area contributed by atoms with Crippen LogP contribution in [0.3, 0.4) is 0 Å². The molecule has 1 aromatic heterocycles. The maximum absolute atomic E-state index is 13.0. The molecule has 132 valence electrons. The second kappa shape index (κ2) is 9.16. The van der Waals surface area contributed by atoms with Crippen LogP contribution in [0, 0.1) is 11.7 Å². The highest BCUT2D eigenvalue weighted by atomic mass is 35.5. The lowest BCUT2D eigenvalue weighted by molar-refractivity contribution is -0.137. The first-order valence-electron chi connectivity index (χ1n) is 7.77. The highest BCUT2D eigenvalue weighted by Crippen LogP contribution is 2.29. The Morgan fingerprint density at radius 2 is 1.79 bits per heavy atom. The van der Waals surface area contributed by atoms with Gasteiger partial charge in [0.05, 0.1) is 6.54 Å². The van der Waals surface area contributed by atoms with Gasteiger partial charge in [0.15, 0.2) is 0 Å². The summed E-state index contributed by atoms with van der Waals surface area (Å²) in [6.07, 6.45) is 0. The Labute approximate surface area is 153 Å². The average Bonchev–Trinajstić information content (AvgIpc) is 3.00. The minimum Gasteiger partial charge on any atom is -0.335 e. The fraction of sp³-hybridized carbons (Fsp3) is 0.389. The Bertz CT molecular complexity index is 657. The number of nitrogens with zero attached hydrogens (tertiary/aromatic N) is 1. The van der Waals surface area contributed by atoms with Crippen LogP contribution >= 0.6 is 23.7 Å². The lowest BCUT2D eigenvalue weighted by atomic mass is 10.1. The number of halogens is 2. The molecule has 0 saturated carbocycles. The van der Waals surface area contributed by atoms with Crippen LogP contribution in [0.25, 0.3) is 10.4 Å². The Balaban J connectivity index is 0.00000288. The molecule has 1 unspecified atom stereocenters. The monoisotopic (exact) mass is 370 g/mol. The number of thiophene rings is 1. The third-order valence-corrected chi connectivity index (χ3v) is 4.92. The van der Waals surface area contributed by atoms with E-state index in [0.29, 0.717) is 13.1 Å². The molecule has 1 aromatic carbocycles.